The number of halogens is 2. The maximum atomic E-state index is 11.0. The summed E-state index contributed by atoms with van der Waals surface area (Å²) in [6, 6.07) is 6.48. The van der Waals surface area contributed by atoms with Crippen molar-refractivity contribution in [3.05, 3.63) is 46.2 Å². The van der Waals surface area contributed by atoms with Crippen LogP contribution in [-0.2, 0) is 0 Å². The predicted molar refractivity (Wildman–Crippen MR) is 79.5 cm³/mol. The summed E-state index contributed by atoms with van der Waals surface area (Å²) in [6.07, 6.45) is 3.12. The smallest absolute Gasteiger partial charge is 0.355 e. The molecule has 0 fully saturated rings. The van der Waals surface area contributed by atoms with E-state index in [9.17, 15) is 4.79 Å². The molecule has 0 atom stereocenters. The highest BCUT2D eigenvalue weighted by Gasteiger charge is 2.13. The third-order valence-corrected chi connectivity index (χ3v) is 3.87. The Morgan fingerprint density at radius 3 is 2.60 bits per heavy atom. The van der Waals surface area contributed by atoms with E-state index in [1.807, 2.05) is 0 Å². The van der Waals surface area contributed by atoms with E-state index in [2.05, 4.69) is 4.98 Å². The molecule has 1 N–H and O–H groups in total. The Morgan fingerprint density at radius 1 is 1.25 bits per heavy atom. The van der Waals surface area contributed by atoms with Crippen LogP contribution in [0, 0.1) is 0 Å². The zero-order valence-corrected chi connectivity index (χ0v) is 12.6. The lowest BCUT2D eigenvalue weighted by atomic mass is 10.3. The highest BCUT2D eigenvalue weighted by Crippen LogP contribution is 2.31. The number of benzene rings is 1. The number of carboxylic acids is 1. The van der Waals surface area contributed by atoms with Crippen molar-refractivity contribution in [2.75, 3.05) is 6.26 Å². The molecule has 0 radical (unpaired) electrons. The van der Waals surface area contributed by atoms with E-state index in [4.69, 9.17) is 33.0 Å². The zero-order valence-electron chi connectivity index (χ0n) is 10.3. The average Bonchev–Trinajstić information content (AvgIpc) is 2.42. The fraction of sp³-hybridized carbons (Fsp3) is 0.0769. The lowest BCUT2D eigenvalue weighted by molar-refractivity contribution is 0.0686. The van der Waals surface area contributed by atoms with Gasteiger partial charge in [-0.05, 0) is 24.5 Å². The van der Waals surface area contributed by atoms with Gasteiger partial charge < -0.3 is 9.84 Å². The topological polar surface area (TPSA) is 59.4 Å². The second-order valence-corrected chi connectivity index (χ2v) is 5.37. The number of nitrogens with zero attached hydrogens (tertiary/aromatic N) is 1. The van der Waals surface area contributed by atoms with Crippen LogP contribution >= 0.6 is 35.0 Å². The van der Waals surface area contributed by atoms with Crippen LogP contribution in [-0.4, -0.2) is 22.3 Å². The molecule has 4 nitrogen and oxygen atoms in total. The molecular weight excluding hydrogens is 321 g/mol. The van der Waals surface area contributed by atoms with Crippen LogP contribution in [0.3, 0.4) is 0 Å². The molecule has 0 unspecified atom stereocenters. The minimum atomic E-state index is -1.07. The minimum Gasteiger partial charge on any atom is -0.476 e. The standard InChI is InChI=1S/C13H9Cl2NO3S/c1-20-11-5-8(6-16-12(11)13(17)18)19-7-2-3-9(14)10(15)4-7/h2-6H,1H3,(H,17,18). The molecule has 2 rings (SSSR count). The molecule has 0 amide bonds. The first-order valence-electron chi connectivity index (χ1n) is 5.41. The van der Waals surface area contributed by atoms with Crippen molar-refractivity contribution in [3.63, 3.8) is 0 Å². The zero-order chi connectivity index (χ0) is 14.7. The van der Waals surface area contributed by atoms with Gasteiger partial charge in [0.1, 0.15) is 11.5 Å². The van der Waals surface area contributed by atoms with Gasteiger partial charge in [0.05, 0.1) is 16.2 Å². The van der Waals surface area contributed by atoms with Crippen LogP contribution in [0.15, 0.2) is 35.4 Å². The number of ether oxygens (including phenoxy) is 1. The van der Waals surface area contributed by atoms with Gasteiger partial charge in [-0.3, -0.25) is 0 Å². The van der Waals surface area contributed by atoms with Gasteiger partial charge in [0, 0.05) is 11.0 Å². The van der Waals surface area contributed by atoms with Crippen LogP contribution in [0.4, 0.5) is 0 Å². The summed E-state index contributed by atoms with van der Waals surface area (Å²) in [5, 5.41) is 9.81. The first kappa shape index (κ1) is 15.0. The summed E-state index contributed by atoms with van der Waals surface area (Å²) in [5.41, 5.74) is -0.000937. The minimum absolute atomic E-state index is 0.000937. The molecule has 0 aliphatic carbocycles. The fourth-order valence-corrected chi connectivity index (χ4v) is 2.33. The van der Waals surface area contributed by atoms with Crippen molar-refractivity contribution in [2.24, 2.45) is 0 Å². The van der Waals surface area contributed by atoms with Crippen LogP contribution < -0.4 is 4.74 Å². The Hall–Kier alpha value is -1.43. The first-order chi connectivity index (χ1) is 9.51. The summed E-state index contributed by atoms with van der Waals surface area (Å²) >= 11 is 13.0. The van der Waals surface area contributed by atoms with Gasteiger partial charge in [0.15, 0.2) is 5.69 Å². The third kappa shape index (κ3) is 3.36. The van der Waals surface area contributed by atoms with E-state index in [-0.39, 0.29) is 5.69 Å². The summed E-state index contributed by atoms with van der Waals surface area (Å²) in [4.78, 5) is 15.4. The van der Waals surface area contributed by atoms with Crippen LogP contribution in [0.25, 0.3) is 0 Å². The van der Waals surface area contributed by atoms with Gasteiger partial charge in [-0.1, -0.05) is 23.2 Å². The van der Waals surface area contributed by atoms with Crippen molar-refractivity contribution >= 4 is 40.9 Å². The van der Waals surface area contributed by atoms with Crippen molar-refractivity contribution in [1.82, 2.24) is 4.98 Å². The number of thioether (sulfide) groups is 1. The van der Waals surface area contributed by atoms with Crippen LogP contribution in [0.5, 0.6) is 11.5 Å². The molecule has 0 saturated heterocycles. The number of aromatic carboxylic acids is 1. The molecular formula is C13H9Cl2NO3S. The van der Waals surface area contributed by atoms with E-state index in [0.29, 0.717) is 26.4 Å². The molecule has 0 aliphatic rings. The Kier molecular flexibility index (Phi) is 4.75. The van der Waals surface area contributed by atoms with E-state index in [0.717, 1.165) is 0 Å². The van der Waals surface area contributed by atoms with E-state index >= 15 is 0 Å². The first-order valence-corrected chi connectivity index (χ1v) is 7.39. The number of rotatable bonds is 4. The number of carboxylic acid groups (broad SMARTS) is 1. The van der Waals surface area contributed by atoms with Crippen molar-refractivity contribution < 1.29 is 14.6 Å². The molecule has 20 heavy (non-hydrogen) atoms. The highest BCUT2D eigenvalue weighted by molar-refractivity contribution is 7.98. The van der Waals surface area contributed by atoms with Crippen LogP contribution in [0.2, 0.25) is 10.0 Å². The maximum absolute atomic E-state index is 11.0. The third-order valence-electron chi connectivity index (χ3n) is 2.38. The Balaban J connectivity index is 2.29. The maximum Gasteiger partial charge on any atom is 0.355 e. The molecule has 0 saturated carbocycles. The Labute approximate surface area is 129 Å². The second kappa shape index (κ2) is 6.35. The SMILES string of the molecule is CSc1cc(Oc2ccc(Cl)c(Cl)c2)cnc1C(=O)O. The number of aromatic nitrogens is 1. The van der Waals surface area contributed by atoms with Gasteiger partial charge in [0.25, 0.3) is 0 Å². The van der Waals surface area contributed by atoms with Gasteiger partial charge in [-0.15, -0.1) is 11.8 Å². The van der Waals surface area contributed by atoms with Gasteiger partial charge in [0.2, 0.25) is 0 Å². The molecule has 1 aromatic heterocycles. The molecule has 0 aliphatic heterocycles. The van der Waals surface area contributed by atoms with Crippen LogP contribution in [0.1, 0.15) is 10.5 Å². The largest absolute Gasteiger partial charge is 0.476 e. The summed E-state index contributed by atoms with van der Waals surface area (Å²) in [7, 11) is 0. The summed E-state index contributed by atoms with van der Waals surface area (Å²) in [5.74, 6) is -0.149. The molecule has 0 spiro atoms. The molecule has 0 bridgehead atoms. The molecule has 7 heteroatoms. The van der Waals surface area contributed by atoms with E-state index < -0.39 is 5.97 Å². The number of carbonyl (C=O) groups is 1. The van der Waals surface area contributed by atoms with Gasteiger partial charge in [-0.2, -0.15) is 0 Å². The lowest BCUT2D eigenvalue weighted by Gasteiger charge is -2.08. The molecule has 104 valence electrons. The number of hydrogen-bond acceptors (Lipinski definition) is 4. The highest BCUT2D eigenvalue weighted by atomic mass is 35.5. The van der Waals surface area contributed by atoms with Gasteiger partial charge >= 0.3 is 5.97 Å². The van der Waals surface area contributed by atoms with E-state index in [1.165, 1.54) is 18.0 Å². The number of pyridine rings is 1. The van der Waals surface area contributed by atoms with Crippen molar-refractivity contribution in [2.45, 2.75) is 4.90 Å². The normalized spacial score (nSPS) is 10.3. The summed E-state index contributed by atoms with van der Waals surface area (Å²) < 4.78 is 5.58. The number of hydrogen-bond donors (Lipinski definition) is 1. The Bertz CT molecular complexity index is 664. The average molecular weight is 330 g/mol. The lowest BCUT2D eigenvalue weighted by Crippen LogP contribution is -2.02. The second-order valence-electron chi connectivity index (χ2n) is 3.71. The van der Waals surface area contributed by atoms with E-state index in [1.54, 1.807) is 30.5 Å². The monoisotopic (exact) mass is 329 g/mol. The Morgan fingerprint density at radius 2 is 2.00 bits per heavy atom. The predicted octanol–water partition coefficient (Wildman–Crippen LogP) is 4.60. The molecule has 1 aromatic carbocycles. The molecule has 1 heterocycles. The summed E-state index contributed by atoms with van der Waals surface area (Å²) in [6.45, 7) is 0. The quantitative estimate of drug-likeness (QED) is 0.830. The van der Waals surface area contributed by atoms with Gasteiger partial charge in [-0.25, -0.2) is 9.78 Å². The van der Waals surface area contributed by atoms with Crippen molar-refractivity contribution in [3.8, 4) is 11.5 Å². The van der Waals surface area contributed by atoms with Crippen molar-refractivity contribution in [1.29, 1.82) is 0 Å². The fourth-order valence-electron chi connectivity index (χ4n) is 1.48. The molecule has 2 aromatic rings.